The predicted octanol–water partition coefficient (Wildman–Crippen LogP) is 1.55. The largest absolute Gasteiger partial charge is 0.339 e. The number of para-hydroxylation sites is 2. The van der Waals surface area contributed by atoms with Gasteiger partial charge in [0.1, 0.15) is 5.82 Å². The van der Waals surface area contributed by atoms with Crippen LogP contribution in [-0.2, 0) is 18.4 Å². The van der Waals surface area contributed by atoms with Crippen LogP contribution in [0.4, 0.5) is 0 Å². The van der Waals surface area contributed by atoms with Gasteiger partial charge >= 0.3 is 0 Å². The minimum atomic E-state index is 0.0482. The quantitative estimate of drug-likeness (QED) is 0.765. The molecule has 16 heavy (non-hydrogen) atoms. The summed E-state index contributed by atoms with van der Waals surface area (Å²) < 4.78 is 2.02. The molecule has 4 nitrogen and oxygen atoms in total. The van der Waals surface area contributed by atoms with Gasteiger partial charge in [-0.15, -0.1) is 0 Å². The van der Waals surface area contributed by atoms with E-state index >= 15 is 0 Å². The first-order valence-corrected chi connectivity index (χ1v) is 5.21. The first kappa shape index (κ1) is 10.7. The minimum absolute atomic E-state index is 0.0482. The second-order valence-corrected chi connectivity index (χ2v) is 3.95. The standard InChI is InChI=1S/C12H15N3O/c1-9(16)14(2)8-12-13-10-6-4-5-7-11(10)15(12)3/h4-7H,8H2,1-3H3. The van der Waals surface area contributed by atoms with Crippen LogP contribution in [0.5, 0.6) is 0 Å². The topological polar surface area (TPSA) is 38.1 Å². The van der Waals surface area contributed by atoms with Crippen LogP contribution >= 0.6 is 0 Å². The van der Waals surface area contributed by atoms with Gasteiger partial charge in [0.2, 0.25) is 5.91 Å². The molecule has 0 radical (unpaired) electrons. The van der Waals surface area contributed by atoms with E-state index in [4.69, 9.17) is 0 Å². The van der Waals surface area contributed by atoms with Crippen LogP contribution < -0.4 is 0 Å². The van der Waals surface area contributed by atoms with Crippen molar-refractivity contribution in [1.82, 2.24) is 14.5 Å². The Bertz CT molecular complexity index is 530. The molecule has 0 fully saturated rings. The van der Waals surface area contributed by atoms with Crippen molar-refractivity contribution < 1.29 is 4.79 Å². The van der Waals surface area contributed by atoms with Crippen molar-refractivity contribution in [3.05, 3.63) is 30.1 Å². The summed E-state index contributed by atoms with van der Waals surface area (Å²) in [5.41, 5.74) is 2.06. The zero-order valence-corrected chi connectivity index (χ0v) is 9.77. The smallest absolute Gasteiger partial charge is 0.219 e. The highest BCUT2D eigenvalue weighted by Gasteiger charge is 2.10. The first-order valence-electron chi connectivity index (χ1n) is 5.21. The van der Waals surface area contributed by atoms with Crippen molar-refractivity contribution in [2.45, 2.75) is 13.5 Å². The van der Waals surface area contributed by atoms with Gasteiger partial charge in [0, 0.05) is 21.0 Å². The van der Waals surface area contributed by atoms with Crippen molar-refractivity contribution in [3.8, 4) is 0 Å². The summed E-state index contributed by atoms with van der Waals surface area (Å²) in [6.07, 6.45) is 0. The van der Waals surface area contributed by atoms with Gasteiger partial charge in [-0.1, -0.05) is 12.1 Å². The summed E-state index contributed by atoms with van der Waals surface area (Å²) in [6.45, 7) is 2.10. The molecule has 0 saturated carbocycles. The molecule has 2 rings (SSSR count). The number of benzene rings is 1. The molecular formula is C12H15N3O. The minimum Gasteiger partial charge on any atom is -0.339 e. The number of rotatable bonds is 2. The summed E-state index contributed by atoms with van der Waals surface area (Å²) in [7, 11) is 3.75. The van der Waals surface area contributed by atoms with E-state index < -0.39 is 0 Å². The molecule has 0 aliphatic rings. The van der Waals surface area contributed by atoms with Crippen molar-refractivity contribution in [2.75, 3.05) is 7.05 Å². The molecule has 0 spiro atoms. The summed E-state index contributed by atoms with van der Waals surface area (Å²) in [5, 5.41) is 0. The third-order valence-electron chi connectivity index (χ3n) is 2.80. The summed E-state index contributed by atoms with van der Waals surface area (Å²) in [4.78, 5) is 17.3. The molecule has 1 aromatic heterocycles. The van der Waals surface area contributed by atoms with Crippen LogP contribution in [0.15, 0.2) is 24.3 Å². The lowest BCUT2D eigenvalue weighted by atomic mass is 10.3. The van der Waals surface area contributed by atoms with Gasteiger partial charge in [-0.25, -0.2) is 4.98 Å². The van der Waals surface area contributed by atoms with Gasteiger partial charge in [0.05, 0.1) is 17.6 Å². The summed E-state index contributed by atoms with van der Waals surface area (Å²) in [5.74, 6) is 0.950. The van der Waals surface area contributed by atoms with Crippen LogP contribution in [0.25, 0.3) is 11.0 Å². The molecule has 1 amide bonds. The summed E-state index contributed by atoms with van der Waals surface area (Å²) >= 11 is 0. The normalized spacial score (nSPS) is 10.7. The number of amides is 1. The van der Waals surface area contributed by atoms with Crippen LogP contribution in [0.3, 0.4) is 0 Å². The molecule has 0 atom stereocenters. The number of fused-ring (bicyclic) bond motifs is 1. The molecule has 0 unspecified atom stereocenters. The van der Waals surface area contributed by atoms with Crippen LogP contribution in [0, 0.1) is 0 Å². The maximum absolute atomic E-state index is 11.2. The third-order valence-corrected chi connectivity index (χ3v) is 2.80. The predicted molar refractivity (Wildman–Crippen MR) is 62.9 cm³/mol. The van der Waals surface area contributed by atoms with Crippen molar-refractivity contribution in [2.24, 2.45) is 7.05 Å². The van der Waals surface area contributed by atoms with Crippen molar-refractivity contribution >= 4 is 16.9 Å². The van der Waals surface area contributed by atoms with Crippen LogP contribution in [0.1, 0.15) is 12.7 Å². The van der Waals surface area contributed by atoms with Crippen molar-refractivity contribution in [1.29, 1.82) is 0 Å². The molecule has 1 aromatic carbocycles. The SMILES string of the molecule is CC(=O)N(C)Cc1nc2ccccc2n1C. The lowest BCUT2D eigenvalue weighted by Crippen LogP contribution is -2.24. The number of nitrogens with zero attached hydrogens (tertiary/aromatic N) is 3. The Hall–Kier alpha value is -1.84. The Morgan fingerprint density at radius 1 is 1.44 bits per heavy atom. The van der Waals surface area contributed by atoms with E-state index in [0.717, 1.165) is 16.9 Å². The second-order valence-electron chi connectivity index (χ2n) is 3.95. The van der Waals surface area contributed by atoms with E-state index in [9.17, 15) is 4.79 Å². The highest BCUT2D eigenvalue weighted by molar-refractivity contribution is 5.76. The second kappa shape index (κ2) is 3.96. The molecule has 0 aliphatic carbocycles. The molecule has 84 valence electrons. The Morgan fingerprint density at radius 2 is 2.12 bits per heavy atom. The number of aromatic nitrogens is 2. The van der Waals surface area contributed by atoms with Crippen molar-refractivity contribution in [3.63, 3.8) is 0 Å². The number of carbonyl (C=O) groups is 1. The fourth-order valence-corrected chi connectivity index (χ4v) is 1.66. The Kier molecular flexibility index (Phi) is 2.64. The monoisotopic (exact) mass is 217 g/mol. The molecular weight excluding hydrogens is 202 g/mol. The lowest BCUT2D eigenvalue weighted by Gasteiger charge is -2.13. The maximum Gasteiger partial charge on any atom is 0.219 e. The number of carbonyl (C=O) groups excluding carboxylic acids is 1. The lowest BCUT2D eigenvalue weighted by molar-refractivity contribution is -0.128. The number of aryl methyl sites for hydroxylation is 1. The van der Waals surface area contributed by atoms with Gasteiger partial charge in [0.15, 0.2) is 0 Å². The van der Waals surface area contributed by atoms with E-state index in [1.807, 2.05) is 35.9 Å². The maximum atomic E-state index is 11.2. The molecule has 0 saturated heterocycles. The Balaban J connectivity index is 2.38. The fraction of sp³-hybridized carbons (Fsp3) is 0.333. The Labute approximate surface area is 94.5 Å². The number of imidazole rings is 1. The molecule has 0 N–H and O–H groups in total. The molecule has 0 aliphatic heterocycles. The van der Waals surface area contributed by atoms with E-state index in [0.29, 0.717) is 6.54 Å². The fourth-order valence-electron chi connectivity index (χ4n) is 1.66. The van der Waals surface area contributed by atoms with E-state index in [1.165, 1.54) is 0 Å². The van der Waals surface area contributed by atoms with Gasteiger partial charge < -0.3 is 9.47 Å². The number of hydrogen-bond acceptors (Lipinski definition) is 2. The van der Waals surface area contributed by atoms with Gasteiger partial charge in [0.25, 0.3) is 0 Å². The first-order chi connectivity index (χ1) is 7.59. The molecule has 4 heteroatoms. The zero-order valence-electron chi connectivity index (χ0n) is 9.77. The van der Waals surface area contributed by atoms with E-state index in [2.05, 4.69) is 4.98 Å². The van der Waals surface area contributed by atoms with E-state index in [-0.39, 0.29) is 5.91 Å². The third kappa shape index (κ3) is 1.78. The average Bonchev–Trinajstić information content (AvgIpc) is 2.56. The molecule has 2 aromatic rings. The highest BCUT2D eigenvalue weighted by Crippen LogP contribution is 2.14. The highest BCUT2D eigenvalue weighted by atomic mass is 16.2. The van der Waals surface area contributed by atoms with E-state index in [1.54, 1.807) is 18.9 Å². The average molecular weight is 217 g/mol. The van der Waals surface area contributed by atoms with Gasteiger partial charge in [-0.05, 0) is 12.1 Å². The summed E-state index contributed by atoms with van der Waals surface area (Å²) in [6, 6.07) is 7.96. The van der Waals surface area contributed by atoms with Crippen LogP contribution in [-0.4, -0.2) is 27.4 Å². The zero-order chi connectivity index (χ0) is 11.7. The van der Waals surface area contributed by atoms with Crippen LogP contribution in [0.2, 0.25) is 0 Å². The van der Waals surface area contributed by atoms with Gasteiger partial charge in [-0.3, -0.25) is 4.79 Å². The number of hydrogen-bond donors (Lipinski definition) is 0. The Morgan fingerprint density at radius 3 is 2.75 bits per heavy atom. The molecule has 1 heterocycles. The molecule has 0 bridgehead atoms. The van der Waals surface area contributed by atoms with Gasteiger partial charge in [-0.2, -0.15) is 0 Å².